The van der Waals surface area contributed by atoms with Crippen molar-refractivity contribution in [1.29, 1.82) is 0 Å². The molecule has 0 bridgehead atoms. The average molecular weight is 568 g/mol. The number of rotatable bonds is 2. The van der Waals surface area contributed by atoms with Crippen LogP contribution in [0.3, 0.4) is 0 Å². The van der Waals surface area contributed by atoms with Crippen LogP contribution in [-0.4, -0.2) is 16.8 Å². The normalized spacial score (nSPS) is 22.5. The first kappa shape index (κ1) is 24.7. The van der Waals surface area contributed by atoms with E-state index in [2.05, 4.69) is 150 Å². The van der Waals surface area contributed by atoms with E-state index in [0.717, 1.165) is 0 Å². The lowest BCUT2D eigenvalue weighted by atomic mass is 9.35. The van der Waals surface area contributed by atoms with Crippen LogP contribution in [0.4, 0.5) is 28.4 Å². The molecule has 0 saturated heterocycles. The molecule has 5 aromatic carbocycles. The van der Waals surface area contributed by atoms with Crippen molar-refractivity contribution in [3.05, 3.63) is 127 Å². The number of anilines is 5. The predicted molar refractivity (Wildman–Crippen MR) is 185 cm³/mol. The summed E-state index contributed by atoms with van der Waals surface area (Å²) in [7, 11) is 0. The van der Waals surface area contributed by atoms with Crippen molar-refractivity contribution in [2.75, 3.05) is 9.80 Å². The largest absolute Gasteiger partial charge is 0.335 e. The van der Waals surface area contributed by atoms with Gasteiger partial charge >= 0.3 is 0 Å². The van der Waals surface area contributed by atoms with Crippen molar-refractivity contribution in [1.82, 2.24) is 4.57 Å². The number of nitrogens with zero attached hydrogens (tertiary/aromatic N) is 3. The number of hydrogen-bond acceptors (Lipinski definition) is 2. The van der Waals surface area contributed by atoms with Gasteiger partial charge in [0, 0.05) is 44.8 Å². The van der Waals surface area contributed by atoms with Gasteiger partial charge in [-0.05, 0) is 78.7 Å². The molecule has 6 aromatic rings. The van der Waals surface area contributed by atoms with Gasteiger partial charge in [-0.25, -0.2) is 0 Å². The van der Waals surface area contributed by atoms with Gasteiger partial charge in [0.1, 0.15) is 0 Å². The Morgan fingerprint density at radius 1 is 0.614 bits per heavy atom. The van der Waals surface area contributed by atoms with Gasteiger partial charge in [-0.1, -0.05) is 98.6 Å². The van der Waals surface area contributed by atoms with Crippen LogP contribution in [0.15, 0.2) is 121 Å². The Hall–Kier alpha value is -4.70. The molecular weight excluding hydrogens is 533 g/mol. The van der Waals surface area contributed by atoms with Crippen molar-refractivity contribution >= 4 is 62.6 Å². The van der Waals surface area contributed by atoms with E-state index in [0.29, 0.717) is 0 Å². The molecule has 0 spiro atoms. The Kier molecular flexibility index (Phi) is 4.76. The summed E-state index contributed by atoms with van der Waals surface area (Å²) in [6.07, 6.45) is 5.03. The van der Waals surface area contributed by atoms with Crippen molar-refractivity contribution < 1.29 is 0 Å². The predicted octanol–water partition coefficient (Wildman–Crippen LogP) is 7.99. The summed E-state index contributed by atoms with van der Waals surface area (Å²) in [5.74, 6) is 0. The van der Waals surface area contributed by atoms with Crippen molar-refractivity contribution in [2.45, 2.75) is 50.5 Å². The first-order valence-corrected chi connectivity index (χ1v) is 16.2. The minimum atomic E-state index is 0.0355. The van der Waals surface area contributed by atoms with Gasteiger partial charge in [-0.15, -0.1) is 0 Å². The second-order valence-corrected chi connectivity index (χ2v) is 13.6. The van der Waals surface area contributed by atoms with Gasteiger partial charge in [0.15, 0.2) is 0 Å². The number of aromatic nitrogens is 1. The Morgan fingerprint density at radius 3 is 2.11 bits per heavy atom. The molecule has 4 heteroatoms. The smallest absolute Gasteiger partial charge is 0.273 e. The molecule has 2 atom stereocenters. The maximum absolute atomic E-state index is 2.80. The lowest BCUT2D eigenvalue weighted by Gasteiger charge is -2.52. The zero-order valence-electron chi connectivity index (χ0n) is 25.3. The van der Waals surface area contributed by atoms with E-state index < -0.39 is 0 Å². The molecule has 10 rings (SSSR count). The number of para-hydroxylation sites is 4. The van der Waals surface area contributed by atoms with Gasteiger partial charge in [0.2, 0.25) is 0 Å². The van der Waals surface area contributed by atoms with Crippen molar-refractivity contribution in [2.24, 2.45) is 0 Å². The van der Waals surface area contributed by atoms with Crippen LogP contribution in [-0.2, 0) is 5.41 Å². The van der Waals surface area contributed by atoms with Crippen LogP contribution in [0.1, 0.15) is 45.1 Å². The highest BCUT2D eigenvalue weighted by Crippen LogP contribution is 2.61. The zero-order chi connectivity index (χ0) is 29.2. The maximum atomic E-state index is 2.80. The monoisotopic (exact) mass is 567 g/mol. The maximum Gasteiger partial charge on any atom is 0.273 e. The third kappa shape index (κ3) is 2.81. The number of hydrogen-bond donors (Lipinski definition) is 0. The van der Waals surface area contributed by atoms with Crippen LogP contribution in [0.5, 0.6) is 0 Å². The minimum absolute atomic E-state index is 0.0355. The molecule has 2 unspecified atom stereocenters. The standard InChI is InChI=1S/C40H34BN3/c1-39-25-11-12-26-40(39,2)44-34-24-14-23-33-35(34)41(31-21-13-20-30(39)37(31)44)38-36(42(33)27-15-5-3-6-16-27)29-19-9-10-22-32(29)43(38)28-17-7-4-8-18-28/h3-10,13-24H,11-12,25-26H2,1-2H3. The fraction of sp³-hybridized carbons (Fsp3) is 0.200. The molecule has 212 valence electrons. The summed E-state index contributed by atoms with van der Waals surface area (Å²) in [4.78, 5) is 5.36. The van der Waals surface area contributed by atoms with E-state index in [1.807, 2.05) is 0 Å². The summed E-state index contributed by atoms with van der Waals surface area (Å²) in [6.45, 7) is 5.23. The zero-order valence-corrected chi connectivity index (χ0v) is 25.3. The molecule has 4 aliphatic rings. The molecule has 4 heterocycles. The van der Waals surface area contributed by atoms with E-state index in [1.165, 1.54) is 87.2 Å². The average Bonchev–Trinajstić information content (AvgIpc) is 3.52. The molecule has 0 radical (unpaired) electrons. The van der Waals surface area contributed by atoms with E-state index in [-0.39, 0.29) is 17.7 Å². The fourth-order valence-corrected chi connectivity index (χ4v) is 9.63. The second kappa shape index (κ2) is 8.48. The molecule has 0 N–H and O–H groups in total. The van der Waals surface area contributed by atoms with Crippen molar-refractivity contribution in [3.63, 3.8) is 0 Å². The Labute approximate surface area is 259 Å². The summed E-state index contributed by atoms with van der Waals surface area (Å²) in [5, 5.41) is 1.29. The first-order chi connectivity index (χ1) is 21.6. The molecule has 1 aliphatic carbocycles. The summed E-state index contributed by atoms with van der Waals surface area (Å²) in [5.41, 5.74) is 15.0. The first-order valence-electron chi connectivity index (χ1n) is 16.2. The molecule has 1 saturated carbocycles. The number of fused-ring (bicyclic) bond motifs is 9. The van der Waals surface area contributed by atoms with Crippen LogP contribution in [0, 0.1) is 0 Å². The Bertz CT molecular complexity index is 2130. The molecule has 1 fully saturated rings. The van der Waals surface area contributed by atoms with E-state index in [4.69, 9.17) is 0 Å². The molecule has 1 aromatic heterocycles. The van der Waals surface area contributed by atoms with E-state index in [1.54, 1.807) is 5.56 Å². The third-order valence-corrected chi connectivity index (χ3v) is 11.7. The SMILES string of the molecule is CC12CCCCC1(C)N1c3cccc4c3B(c3cccc2c31)c1c(c2ccccc2n1-c1ccccc1)N4c1ccccc1. The minimum Gasteiger partial charge on any atom is -0.335 e. The van der Waals surface area contributed by atoms with Crippen LogP contribution >= 0.6 is 0 Å². The van der Waals surface area contributed by atoms with Crippen LogP contribution in [0.2, 0.25) is 0 Å². The summed E-state index contributed by atoms with van der Waals surface area (Å²) < 4.78 is 2.56. The third-order valence-electron chi connectivity index (χ3n) is 11.7. The van der Waals surface area contributed by atoms with Gasteiger partial charge < -0.3 is 14.4 Å². The molecule has 3 aliphatic heterocycles. The molecule has 44 heavy (non-hydrogen) atoms. The van der Waals surface area contributed by atoms with Gasteiger partial charge in [0.25, 0.3) is 6.71 Å². The highest BCUT2D eigenvalue weighted by molar-refractivity contribution is 7.00. The Morgan fingerprint density at radius 2 is 1.30 bits per heavy atom. The van der Waals surface area contributed by atoms with E-state index in [9.17, 15) is 0 Å². The molecular formula is C40H34BN3. The van der Waals surface area contributed by atoms with Crippen LogP contribution < -0.4 is 26.3 Å². The lowest BCUT2D eigenvalue weighted by molar-refractivity contribution is 0.195. The molecule has 0 amide bonds. The summed E-state index contributed by atoms with van der Waals surface area (Å²) in [6, 6.07) is 45.3. The lowest BCUT2D eigenvalue weighted by Crippen LogP contribution is -2.65. The number of benzene rings is 5. The topological polar surface area (TPSA) is 11.4 Å². The fourth-order valence-electron chi connectivity index (χ4n) is 9.63. The van der Waals surface area contributed by atoms with Gasteiger partial charge in [-0.2, -0.15) is 0 Å². The summed E-state index contributed by atoms with van der Waals surface area (Å²) >= 11 is 0. The second-order valence-electron chi connectivity index (χ2n) is 13.6. The quantitative estimate of drug-likeness (QED) is 0.196. The Balaban J connectivity index is 1.40. The van der Waals surface area contributed by atoms with Crippen LogP contribution in [0.25, 0.3) is 16.6 Å². The van der Waals surface area contributed by atoms with E-state index >= 15 is 0 Å². The highest BCUT2D eigenvalue weighted by atomic mass is 15.3. The van der Waals surface area contributed by atoms with Gasteiger partial charge in [0.05, 0.1) is 16.7 Å². The molecule has 3 nitrogen and oxygen atoms in total. The highest BCUT2D eigenvalue weighted by Gasteiger charge is 2.61. The van der Waals surface area contributed by atoms with Crippen molar-refractivity contribution in [3.8, 4) is 5.69 Å². The van der Waals surface area contributed by atoms with Gasteiger partial charge in [-0.3, -0.25) is 0 Å².